The Labute approximate surface area is 365 Å². The van der Waals surface area contributed by atoms with Crippen LogP contribution in [-0.4, -0.2) is 102 Å². The van der Waals surface area contributed by atoms with Crippen LogP contribution in [0.2, 0.25) is 0 Å². The van der Waals surface area contributed by atoms with E-state index < -0.39 is 5.54 Å². The van der Waals surface area contributed by atoms with E-state index >= 15 is 0 Å². The van der Waals surface area contributed by atoms with Crippen LogP contribution in [0.25, 0.3) is 10.8 Å². The van der Waals surface area contributed by atoms with Gasteiger partial charge in [-0.1, -0.05) is 121 Å². The first-order valence-corrected chi connectivity index (χ1v) is 22.3. The summed E-state index contributed by atoms with van der Waals surface area (Å²) in [6.07, 6.45) is 3.26. The number of likely N-dealkylation sites (tertiary alicyclic amines) is 1. The molecule has 10 rings (SSSR count). The van der Waals surface area contributed by atoms with Crippen LogP contribution < -0.4 is 14.5 Å². The second-order valence-corrected chi connectivity index (χ2v) is 17.4. The first-order valence-electron chi connectivity index (χ1n) is 22.3. The van der Waals surface area contributed by atoms with Gasteiger partial charge in [0.15, 0.2) is 0 Å². The van der Waals surface area contributed by atoms with Gasteiger partial charge in [0.25, 0.3) is 0 Å². The number of amides is 1. The number of carbonyl (C=O) groups is 1. The molecule has 4 atom stereocenters. The summed E-state index contributed by atoms with van der Waals surface area (Å²) in [7, 11) is 2.16. The van der Waals surface area contributed by atoms with Gasteiger partial charge >= 0.3 is 6.01 Å². The van der Waals surface area contributed by atoms with Crippen molar-refractivity contribution < 1.29 is 9.53 Å². The molecular formula is C52H54N8O2. The molecule has 3 saturated heterocycles. The van der Waals surface area contributed by atoms with Gasteiger partial charge in [-0.15, -0.1) is 0 Å². The summed E-state index contributed by atoms with van der Waals surface area (Å²) in [4.78, 5) is 36.7. The number of carbonyl (C=O) groups excluding carboxylic acids is 1. The molecule has 0 spiro atoms. The SMILES string of the molecule is Cc1cccc2cccc(N3CCc4c(nc(OC[C@@H]5CCCN5C)nc4N4CCN(C(=O)C5C[N@@]5C(c5ccccc5)(c5ccccc5)c5ccccc5)[C@@H](CC#N)C4)C3)c12. The van der Waals surface area contributed by atoms with Gasteiger partial charge in [-0.05, 0) is 73.5 Å². The van der Waals surface area contributed by atoms with Gasteiger partial charge in [-0.2, -0.15) is 15.2 Å². The monoisotopic (exact) mass is 822 g/mol. The molecule has 5 heterocycles. The van der Waals surface area contributed by atoms with Crippen molar-refractivity contribution in [3.63, 3.8) is 0 Å². The van der Waals surface area contributed by atoms with Crippen LogP contribution in [0, 0.1) is 18.3 Å². The van der Waals surface area contributed by atoms with Crippen molar-refractivity contribution in [1.82, 2.24) is 24.7 Å². The maximum atomic E-state index is 15.0. The quantitative estimate of drug-likeness (QED) is 0.0970. The normalized spacial score (nSPS) is 21.4. The Morgan fingerprint density at radius 3 is 2.10 bits per heavy atom. The molecule has 4 aliphatic heterocycles. The van der Waals surface area contributed by atoms with Crippen molar-refractivity contribution in [3.8, 4) is 12.1 Å². The number of benzene rings is 5. The van der Waals surface area contributed by atoms with E-state index in [1.54, 1.807) is 0 Å². The van der Waals surface area contributed by atoms with Crippen LogP contribution in [0.1, 0.15) is 52.8 Å². The smallest absolute Gasteiger partial charge is 0.318 e. The third kappa shape index (κ3) is 7.23. The van der Waals surface area contributed by atoms with Crippen molar-refractivity contribution in [2.24, 2.45) is 0 Å². The van der Waals surface area contributed by atoms with E-state index in [-0.39, 0.29) is 24.4 Å². The third-order valence-electron chi connectivity index (χ3n) is 13.8. The fourth-order valence-electron chi connectivity index (χ4n) is 10.6. The van der Waals surface area contributed by atoms with Gasteiger partial charge in [0.2, 0.25) is 5.91 Å². The zero-order valence-electron chi connectivity index (χ0n) is 35.7. The molecule has 0 radical (unpaired) electrons. The Morgan fingerprint density at radius 2 is 1.45 bits per heavy atom. The van der Waals surface area contributed by atoms with Crippen molar-refractivity contribution in [3.05, 3.63) is 161 Å². The van der Waals surface area contributed by atoms with Gasteiger partial charge < -0.3 is 24.3 Å². The Hall–Kier alpha value is -6.28. The molecule has 0 aliphatic carbocycles. The molecule has 0 bridgehead atoms. The van der Waals surface area contributed by atoms with E-state index in [4.69, 9.17) is 14.7 Å². The van der Waals surface area contributed by atoms with Gasteiger partial charge in [0.1, 0.15) is 18.5 Å². The van der Waals surface area contributed by atoms with Crippen molar-refractivity contribution in [2.75, 3.05) is 62.7 Å². The molecule has 1 aromatic heterocycles. The largest absolute Gasteiger partial charge is 0.462 e. The van der Waals surface area contributed by atoms with Crippen LogP contribution in [-0.2, 0) is 23.3 Å². The number of hydrogen-bond acceptors (Lipinski definition) is 9. The lowest BCUT2D eigenvalue weighted by atomic mass is 9.76. The number of likely N-dealkylation sites (N-methyl/N-ethyl adjacent to an activating group) is 1. The molecule has 314 valence electrons. The molecule has 62 heavy (non-hydrogen) atoms. The lowest BCUT2D eigenvalue weighted by Gasteiger charge is -2.43. The van der Waals surface area contributed by atoms with Crippen LogP contribution in [0.4, 0.5) is 11.5 Å². The standard InChI is InChI=1S/C52H54N8O2/c1-37-15-12-16-38-17-13-25-46(48(37)38)57-30-27-44-45(34-57)54-51(62-36-43-24-14-29-56(43)2)55-49(44)58-31-32-59(42(33-58)26-28-53)50(61)47-35-60(47)52(39-18-6-3-7-19-39,40-20-8-4-9-21-40)41-22-10-5-11-23-41/h3-13,15-23,25,42-43,47H,14,24,26-27,29-36H2,1-2H3/t42-,43-,47?,60+/m0/s1. The molecule has 4 aliphatic rings. The minimum atomic E-state index is -0.668. The predicted octanol–water partition coefficient (Wildman–Crippen LogP) is 7.58. The summed E-state index contributed by atoms with van der Waals surface area (Å²) in [5.74, 6) is 0.949. The molecule has 10 heteroatoms. The number of ether oxygens (including phenoxy) is 1. The predicted molar refractivity (Wildman–Crippen MR) is 244 cm³/mol. The first-order chi connectivity index (χ1) is 30.4. The number of piperazine rings is 1. The Kier molecular flexibility index (Phi) is 10.8. The summed E-state index contributed by atoms with van der Waals surface area (Å²) in [5, 5.41) is 12.8. The molecule has 10 nitrogen and oxygen atoms in total. The second-order valence-electron chi connectivity index (χ2n) is 17.4. The number of aromatic nitrogens is 2. The fourth-order valence-corrected chi connectivity index (χ4v) is 10.6. The number of nitriles is 1. The van der Waals surface area contributed by atoms with E-state index in [0.717, 1.165) is 66.1 Å². The Balaban J connectivity index is 0.951. The van der Waals surface area contributed by atoms with E-state index in [1.807, 2.05) is 23.1 Å². The highest BCUT2D eigenvalue weighted by Gasteiger charge is 2.57. The summed E-state index contributed by atoms with van der Waals surface area (Å²) in [6, 6.07) is 47.2. The molecular weight excluding hydrogens is 769 g/mol. The zero-order chi connectivity index (χ0) is 42.2. The minimum absolute atomic E-state index is 0.0764. The lowest BCUT2D eigenvalue weighted by Crippen LogP contribution is -2.57. The molecule has 0 saturated carbocycles. The topological polar surface area (TPSA) is 91.8 Å². The average molecular weight is 823 g/mol. The van der Waals surface area contributed by atoms with Crippen LogP contribution in [0.5, 0.6) is 6.01 Å². The van der Waals surface area contributed by atoms with Crippen molar-refractivity contribution in [1.29, 1.82) is 5.26 Å². The number of anilines is 2. The maximum Gasteiger partial charge on any atom is 0.318 e. The second kappa shape index (κ2) is 16.9. The highest BCUT2D eigenvalue weighted by molar-refractivity contribution is 5.97. The highest BCUT2D eigenvalue weighted by atomic mass is 16.5. The summed E-state index contributed by atoms with van der Waals surface area (Å²) >= 11 is 0. The van der Waals surface area contributed by atoms with Gasteiger partial charge in [0.05, 0.1) is 36.3 Å². The maximum absolute atomic E-state index is 15.0. The average Bonchev–Trinajstić information content (AvgIpc) is 4.01. The number of aryl methyl sites for hydroxylation is 1. The van der Waals surface area contributed by atoms with E-state index in [9.17, 15) is 10.1 Å². The van der Waals surface area contributed by atoms with E-state index in [2.05, 4.69) is 149 Å². The number of rotatable bonds is 11. The van der Waals surface area contributed by atoms with Gasteiger partial charge in [0, 0.05) is 55.4 Å². The molecule has 5 aromatic carbocycles. The highest BCUT2D eigenvalue weighted by Crippen LogP contribution is 2.49. The fraction of sp³-hybridized carbons (Fsp3) is 0.346. The Bertz CT molecular complexity index is 2500. The van der Waals surface area contributed by atoms with Gasteiger partial charge in [-0.3, -0.25) is 9.69 Å². The van der Waals surface area contributed by atoms with Crippen LogP contribution in [0.3, 0.4) is 0 Å². The van der Waals surface area contributed by atoms with Crippen molar-refractivity contribution in [2.45, 2.75) is 62.8 Å². The molecule has 0 N–H and O–H groups in total. The minimum Gasteiger partial charge on any atom is -0.462 e. The summed E-state index contributed by atoms with van der Waals surface area (Å²) in [6.45, 7) is 7.47. The Morgan fingerprint density at radius 1 is 0.774 bits per heavy atom. The number of fused-ring (bicyclic) bond motifs is 2. The molecule has 1 unspecified atom stereocenters. The summed E-state index contributed by atoms with van der Waals surface area (Å²) in [5.41, 5.74) is 7.26. The van der Waals surface area contributed by atoms with Crippen molar-refractivity contribution >= 4 is 28.2 Å². The lowest BCUT2D eigenvalue weighted by molar-refractivity contribution is -0.134. The molecule has 1 amide bonds. The molecule has 3 fully saturated rings. The van der Waals surface area contributed by atoms with E-state index in [0.29, 0.717) is 51.4 Å². The number of hydrogen-bond donors (Lipinski definition) is 0. The summed E-state index contributed by atoms with van der Waals surface area (Å²) < 4.78 is 6.48. The van der Waals surface area contributed by atoms with Crippen LogP contribution >= 0.6 is 0 Å². The molecule has 6 aromatic rings. The zero-order valence-corrected chi connectivity index (χ0v) is 35.7. The van der Waals surface area contributed by atoms with Crippen LogP contribution in [0.15, 0.2) is 127 Å². The number of nitrogens with zero attached hydrogens (tertiary/aromatic N) is 8. The third-order valence-corrected chi connectivity index (χ3v) is 13.8. The van der Waals surface area contributed by atoms with E-state index in [1.165, 1.54) is 22.0 Å². The van der Waals surface area contributed by atoms with Gasteiger partial charge in [-0.25, -0.2) is 0 Å². The first kappa shape index (κ1) is 39.8.